The molecule has 0 aliphatic heterocycles. The number of amides is 1. The van der Waals surface area contributed by atoms with Crippen molar-refractivity contribution >= 4 is 17.5 Å². The summed E-state index contributed by atoms with van der Waals surface area (Å²) in [7, 11) is 0. The van der Waals surface area contributed by atoms with Crippen LogP contribution in [0.1, 0.15) is 35.5 Å². The summed E-state index contributed by atoms with van der Waals surface area (Å²) in [6, 6.07) is 17.0. The number of nitrogens with one attached hydrogen (secondary N) is 2. The number of carbonyl (C=O) groups is 1. The summed E-state index contributed by atoms with van der Waals surface area (Å²) in [6.45, 7) is 6.52. The van der Waals surface area contributed by atoms with E-state index < -0.39 is 0 Å². The number of hydrogen-bond acceptors (Lipinski definition) is 5. The number of hydrogen-bond donors (Lipinski definition) is 2. The van der Waals surface area contributed by atoms with E-state index in [0.717, 1.165) is 5.56 Å². The van der Waals surface area contributed by atoms with Gasteiger partial charge in [-0.15, -0.1) is 0 Å². The van der Waals surface area contributed by atoms with Crippen LogP contribution < -0.4 is 15.4 Å². The third-order valence-corrected chi connectivity index (χ3v) is 4.08. The molecule has 2 N–H and O–H groups in total. The maximum Gasteiger partial charge on any atom is 0.274 e. The van der Waals surface area contributed by atoms with Crippen molar-refractivity contribution in [1.29, 1.82) is 0 Å². The molecule has 0 aliphatic carbocycles. The molecule has 2 aromatic carbocycles. The molecule has 0 saturated carbocycles. The smallest absolute Gasteiger partial charge is 0.274 e. The second kappa shape index (κ2) is 8.99. The summed E-state index contributed by atoms with van der Waals surface area (Å²) in [4.78, 5) is 21.2. The lowest BCUT2D eigenvalue weighted by atomic mass is 10.1. The minimum Gasteiger partial charge on any atom is -0.489 e. The zero-order valence-corrected chi connectivity index (χ0v) is 16.3. The molecule has 1 heterocycles. The number of carbonyl (C=O) groups excluding carboxylic acids is 1. The molecule has 144 valence electrons. The van der Waals surface area contributed by atoms with Crippen LogP contribution in [0.4, 0.5) is 11.6 Å². The third kappa shape index (κ3) is 5.07. The van der Waals surface area contributed by atoms with Gasteiger partial charge >= 0.3 is 0 Å². The predicted octanol–water partition coefficient (Wildman–Crippen LogP) is 4.44. The minimum absolute atomic E-state index is 0.00866. The van der Waals surface area contributed by atoms with E-state index in [0.29, 0.717) is 23.9 Å². The average Bonchev–Trinajstić information content (AvgIpc) is 2.69. The number of anilines is 2. The van der Waals surface area contributed by atoms with Gasteiger partial charge in [0.05, 0.1) is 11.8 Å². The monoisotopic (exact) mass is 376 g/mol. The maximum atomic E-state index is 12.6. The first-order valence-corrected chi connectivity index (χ1v) is 9.21. The molecular weight excluding hydrogens is 352 g/mol. The highest BCUT2D eigenvalue weighted by Gasteiger charge is 2.13. The Morgan fingerprint density at radius 3 is 2.61 bits per heavy atom. The van der Waals surface area contributed by atoms with E-state index in [2.05, 4.69) is 33.6 Å². The molecule has 6 heteroatoms. The largest absolute Gasteiger partial charge is 0.489 e. The van der Waals surface area contributed by atoms with E-state index in [1.54, 1.807) is 18.3 Å². The lowest BCUT2D eigenvalue weighted by molar-refractivity contribution is 0.102. The van der Waals surface area contributed by atoms with Crippen LogP contribution >= 0.6 is 0 Å². The fraction of sp³-hybridized carbons (Fsp3) is 0.227. The van der Waals surface area contributed by atoms with Gasteiger partial charge in [0.2, 0.25) is 5.95 Å². The molecule has 6 nitrogen and oxygen atoms in total. The van der Waals surface area contributed by atoms with Crippen LogP contribution in [0.15, 0.2) is 60.8 Å². The van der Waals surface area contributed by atoms with Crippen LogP contribution in [-0.2, 0) is 6.54 Å². The van der Waals surface area contributed by atoms with Crippen LogP contribution in [0.2, 0.25) is 0 Å². The Balaban J connectivity index is 1.70. The van der Waals surface area contributed by atoms with Crippen molar-refractivity contribution < 1.29 is 9.53 Å². The molecule has 28 heavy (non-hydrogen) atoms. The number of rotatable bonds is 7. The van der Waals surface area contributed by atoms with Gasteiger partial charge in [0.25, 0.3) is 5.91 Å². The Hall–Kier alpha value is -3.41. The van der Waals surface area contributed by atoms with Crippen LogP contribution in [0.5, 0.6) is 5.75 Å². The molecule has 0 spiro atoms. The maximum absolute atomic E-state index is 12.6. The number of nitrogens with zero attached hydrogens (tertiary/aromatic N) is 2. The van der Waals surface area contributed by atoms with Crippen LogP contribution in [-0.4, -0.2) is 22.0 Å². The quantitative estimate of drug-likeness (QED) is 0.638. The van der Waals surface area contributed by atoms with E-state index in [1.807, 2.05) is 50.2 Å². The van der Waals surface area contributed by atoms with Crippen molar-refractivity contribution in [2.75, 3.05) is 10.6 Å². The normalized spacial score (nSPS) is 10.6. The van der Waals surface area contributed by atoms with Crippen molar-refractivity contribution in [3.63, 3.8) is 0 Å². The summed E-state index contributed by atoms with van der Waals surface area (Å²) in [5, 5.41) is 6.03. The van der Waals surface area contributed by atoms with Crippen LogP contribution in [0.3, 0.4) is 0 Å². The predicted molar refractivity (Wildman–Crippen MR) is 111 cm³/mol. The molecule has 0 radical (unpaired) electrons. The summed E-state index contributed by atoms with van der Waals surface area (Å²) in [6.07, 6.45) is 1.58. The molecule has 0 saturated heterocycles. The summed E-state index contributed by atoms with van der Waals surface area (Å²) < 4.78 is 5.74. The van der Waals surface area contributed by atoms with Gasteiger partial charge in [-0.1, -0.05) is 36.4 Å². The molecule has 0 unspecified atom stereocenters. The first kappa shape index (κ1) is 19.4. The zero-order valence-electron chi connectivity index (χ0n) is 16.3. The van der Waals surface area contributed by atoms with Crippen LogP contribution in [0, 0.1) is 6.92 Å². The van der Waals surface area contributed by atoms with Gasteiger partial charge in [-0.2, -0.15) is 0 Å². The van der Waals surface area contributed by atoms with Gasteiger partial charge in [-0.3, -0.25) is 4.79 Å². The van der Waals surface area contributed by atoms with E-state index in [4.69, 9.17) is 4.74 Å². The lowest BCUT2D eigenvalue weighted by Gasteiger charge is -2.14. The van der Waals surface area contributed by atoms with Gasteiger partial charge in [-0.05, 0) is 50.1 Å². The Kier molecular flexibility index (Phi) is 6.22. The minimum atomic E-state index is -0.318. The molecule has 0 fully saturated rings. The van der Waals surface area contributed by atoms with Crippen molar-refractivity contribution in [2.24, 2.45) is 0 Å². The molecular formula is C22H24N4O2. The van der Waals surface area contributed by atoms with E-state index in [9.17, 15) is 4.79 Å². The van der Waals surface area contributed by atoms with Crippen molar-refractivity contribution in [3.05, 3.63) is 77.6 Å². The standard InChI is InChI=1S/C22H24N4O2/c1-15(2)28-20-11-7-6-10-18(20)25-21(27)19-12-13-23-22(26-19)24-14-17-9-5-4-8-16(17)3/h4-13,15H,14H2,1-3H3,(H,25,27)(H,23,24,26). The highest BCUT2D eigenvalue weighted by Crippen LogP contribution is 2.25. The van der Waals surface area contributed by atoms with E-state index in [-0.39, 0.29) is 17.7 Å². The zero-order chi connectivity index (χ0) is 19.9. The van der Waals surface area contributed by atoms with Crippen molar-refractivity contribution in [3.8, 4) is 5.75 Å². The summed E-state index contributed by atoms with van der Waals surface area (Å²) in [5.41, 5.74) is 3.22. The van der Waals surface area contributed by atoms with Gasteiger partial charge in [0.15, 0.2) is 0 Å². The topological polar surface area (TPSA) is 76.1 Å². The second-order valence-electron chi connectivity index (χ2n) is 6.66. The second-order valence-corrected chi connectivity index (χ2v) is 6.66. The lowest BCUT2D eigenvalue weighted by Crippen LogP contribution is -2.17. The molecule has 0 atom stereocenters. The van der Waals surface area contributed by atoms with Gasteiger partial charge in [0.1, 0.15) is 11.4 Å². The van der Waals surface area contributed by atoms with Crippen molar-refractivity contribution in [1.82, 2.24) is 9.97 Å². The molecule has 3 rings (SSSR count). The SMILES string of the molecule is Cc1ccccc1CNc1nccc(C(=O)Nc2ccccc2OC(C)C)n1. The number of aryl methyl sites for hydroxylation is 1. The third-order valence-electron chi connectivity index (χ3n) is 4.08. The highest BCUT2D eigenvalue weighted by atomic mass is 16.5. The fourth-order valence-electron chi connectivity index (χ4n) is 2.67. The number of benzene rings is 2. The first-order valence-electron chi connectivity index (χ1n) is 9.21. The molecule has 1 aromatic heterocycles. The summed E-state index contributed by atoms with van der Waals surface area (Å²) >= 11 is 0. The van der Waals surface area contributed by atoms with Crippen LogP contribution in [0.25, 0.3) is 0 Å². The fourth-order valence-corrected chi connectivity index (χ4v) is 2.67. The van der Waals surface area contributed by atoms with Gasteiger partial charge in [-0.25, -0.2) is 9.97 Å². The first-order chi connectivity index (χ1) is 13.5. The Labute approximate surface area is 165 Å². The summed E-state index contributed by atoms with van der Waals surface area (Å²) in [5.74, 6) is 0.710. The van der Waals surface area contributed by atoms with E-state index >= 15 is 0 Å². The number of ether oxygens (including phenoxy) is 1. The van der Waals surface area contributed by atoms with Gasteiger partial charge in [0, 0.05) is 12.7 Å². The number of aromatic nitrogens is 2. The average molecular weight is 376 g/mol. The molecule has 0 bridgehead atoms. The highest BCUT2D eigenvalue weighted by molar-refractivity contribution is 6.03. The Bertz CT molecular complexity index is 957. The number of para-hydroxylation sites is 2. The van der Waals surface area contributed by atoms with Gasteiger partial charge < -0.3 is 15.4 Å². The molecule has 3 aromatic rings. The molecule has 0 aliphatic rings. The Morgan fingerprint density at radius 2 is 1.82 bits per heavy atom. The van der Waals surface area contributed by atoms with E-state index in [1.165, 1.54) is 5.56 Å². The Morgan fingerprint density at radius 1 is 1.07 bits per heavy atom. The molecule has 1 amide bonds. The van der Waals surface area contributed by atoms with Crippen molar-refractivity contribution in [2.45, 2.75) is 33.4 Å².